The molecule has 18 heavy (non-hydrogen) atoms. The van der Waals surface area contributed by atoms with Crippen LogP contribution in [0.25, 0.3) is 0 Å². The summed E-state index contributed by atoms with van der Waals surface area (Å²) in [4.78, 5) is 0. The molecular weight excluding hydrogens is 286 g/mol. The molecule has 0 saturated carbocycles. The van der Waals surface area contributed by atoms with Crippen molar-refractivity contribution in [2.75, 3.05) is 6.54 Å². The van der Waals surface area contributed by atoms with Crippen molar-refractivity contribution in [1.29, 1.82) is 0 Å². The van der Waals surface area contributed by atoms with Crippen LogP contribution in [0.5, 0.6) is 0 Å². The monoisotopic (exact) mass is 307 g/mol. The van der Waals surface area contributed by atoms with Crippen LogP contribution in [0.2, 0.25) is 0 Å². The number of nitrogens with one attached hydrogen (secondary N) is 1. The maximum Gasteiger partial charge on any atom is 0.0329 e. The summed E-state index contributed by atoms with van der Waals surface area (Å²) in [5.41, 5.74) is 2.63. The van der Waals surface area contributed by atoms with Gasteiger partial charge in [-0.1, -0.05) is 35.0 Å². The van der Waals surface area contributed by atoms with Crippen LogP contribution in [-0.2, 0) is 0 Å². The number of hydrogen-bond donors (Lipinski definition) is 1. The van der Waals surface area contributed by atoms with Crippen molar-refractivity contribution >= 4 is 15.9 Å². The normalized spacial score (nSPS) is 11.8. The lowest BCUT2D eigenvalue weighted by molar-refractivity contribution is 0.505. The van der Waals surface area contributed by atoms with Crippen LogP contribution < -0.4 is 5.32 Å². The Morgan fingerprint density at radius 1 is 1.39 bits per heavy atom. The van der Waals surface area contributed by atoms with Gasteiger partial charge in [-0.15, -0.1) is 11.8 Å². The molecule has 0 heterocycles. The summed E-state index contributed by atoms with van der Waals surface area (Å²) in [7, 11) is 0. The summed E-state index contributed by atoms with van der Waals surface area (Å²) in [5, 5.41) is 3.60. The van der Waals surface area contributed by atoms with Gasteiger partial charge in [-0.2, -0.15) is 0 Å². The summed E-state index contributed by atoms with van der Waals surface area (Å²) in [6.45, 7) is 7.26. The third-order valence-electron chi connectivity index (χ3n) is 2.97. The first kappa shape index (κ1) is 15.3. The van der Waals surface area contributed by atoms with E-state index in [1.54, 1.807) is 0 Å². The average Bonchev–Trinajstić information content (AvgIpc) is 2.37. The standard InChI is InChI=1S/C16H22BrN/c1-4-6-7-8-16(18-11-5-2)14-10-9-13(3)15(17)12-14/h9-10,12,16,18H,5,7-8,11H2,1-3H3. The van der Waals surface area contributed by atoms with E-state index < -0.39 is 0 Å². The van der Waals surface area contributed by atoms with Gasteiger partial charge in [0.1, 0.15) is 0 Å². The lowest BCUT2D eigenvalue weighted by Crippen LogP contribution is -2.22. The second-order valence-corrected chi connectivity index (χ2v) is 5.34. The molecule has 1 rings (SSSR count). The highest BCUT2D eigenvalue weighted by Crippen LogP contribution is 2.24. The van der Waals surface area contributed by atoms with Crippen LogP contribution in [0, 0.1) is 18.8 Å². The van der Waals surface area contributed by atoms with Crippen molar-refractivity contribution in [3.05, 3.63) is 33.8 Å². The molecule has 0 spiro atoms. The van der Waals surface area contributed by atoms with E-state index in [4.69, 9.17) is 0 Å². The van der Waals surface area contributed by atoms with Crippen LogP contribution in [-0.4, -0.2) is 6.54 Å². The van der Waals surface area contributed by atoms with Crippen molar-refractivity contribution < 1.29 is 0 Å². The van der Waals surface area contributed by atoms with Gasteiger partial charge in [-0.05, 0) is 50.4 Å². The molecule has 0 aliphatic carbocycles. The maximum atomic E-state index is 3.61. The lowest BCUT2D eigenvalue weighted by Gasteiger charge is -2.18. The third-order valence-corrected chi connectivity index (χ3v) is 3.83. The molecule has 0 aliphatic heterocycles. The maximum absolute atomic E-state index is 3.61. The zero-order valence-electron chi connectivity index (χ0n) is 11.5. The van der Waals surface area contributed by atoms with Gasteiger partial charge < -0.3 is 5.32 Å². The largest absolute Gasteiger partial charge is 0.310 e. The molecule has 98 valence electrons. The summed E-state index contributed by atoms with van der Waals surface area (Å²) in [6.07, 6.45) is 3.17. The Bertz CT molecular complexity index is 428. The van der Waals surface area contributed by atoms with Gasteiger partial charge in [-0.25, -0.2) is 0 Å². The molecule has 0 aromatic heterocycles. The minimum atomic E-state index is 0.405. The molecule has 2 heteroatoms. The predicted molar refractivity (Wildman–Crippen MR) is 82.6 cm³/mol. The van der Waals surface area contributed by atoms with Crippen molar-refractivity contribution in [2.45, 2.75) is 46.1 Å². The molecule has 1 atom stereocenters. The lowest BCUT2D eigenvalue weighted by atomic mass is 10.0. The van der Waals surface area contributed by atoms with Crippen LogP contribution in [0.15, 0.2) is 22.7 Å². The molecule has 1 unspecified atom stereocenters. The predicted octanol–water partition coefficient (Wildman–Crippen LogP) is 4.60. The van der Waals surface area contributed by atoms with E-state index in [1.165, 1.54) is 15.6 Å². The highest BCUT2D eigenvalue weighted by molar-refractivity contribution is 9.10. The first-order chi connectivity index (χ1) is 8.69. The molecule has 0 amide bonds. The van der Waals surface area contributed by atoms with E-state index in [0.29, 0.717) is 6.04 Å². The third kappa shape index (κ3) is 4.84. The molecular formula is C16H22BrN. The molecule has 1 aromatic rings. The van der Waals surface area contributed by atoms with Crippen LogP contribution >= 0.6 is 15.9 Å². The van der Waals surface area contributed by atoms with E-state index in [-0.39, 0.29) is 0 Å². The molecule has 0 aliphatic rings. The van der Waals surface area contributed by atoms with E-state index in [2.05, 4.69) is 65.1 Å². The van der Waals surface area contributed by atoms with Gasteiger partial charge in [-0.3, -0.25) is 0 Å². The zero-order chi connectivity index (χ0) is 13.4. The van der Waals surface area contributed by atoms with Crippen molar-refractivity contribution in [1.82, 2.24) is 5.32 Å². The fraction of sp³-hybridized carbons (Fsp3) is 0.500. The van der Waals surface area contributed by atoms with Gasteiger partial charge in [0.2, 0.25) is 0 Å². The van der Waals surface area contributed by atoms with Crippen LogP contribution in [0.1, 0.15) is 50.3 Å². The fourth-order valence-corrected chi connectivity index (χ4v) is 2.27. The summed E-state index contributed by atoms with van der Waals surface area (Å²) in [6, 6.07) is 7.02. The van der Waals surface area contributed by atoms with Gasteiger partial charge in [0.25, 0.3) is 0 Å². The number of aryl methyl sites for hydroxylation is 1. The molecule has 0 bridgehead atoms. The summed E-state index contributed by atoms with van der Waals surface area (Å²) in [5.74, 6) is 6.11. The van der Waals surface area contributed by atoms with E-state index in [9.17, 15) is 0 Å². The first-order valence-electron chi connectivity index (χ1n) is 6.58. The molecule has 0 fully saturated rings. The fourth-order valence-electron chi connectivity index (χ4n) is 1.87. The summed E-state index contributed by atoms with van der Waals surface area (Å²) < 4.78 is 1.19. The minimum absolute atomic E-state index is 0.405. The number of rotatable bonds is 6. The van der Waals surface area contributed by atoms with Gasteiger partial charge in [0.15, 0.2) is 0 Å². The number of benzene rings is 1. The van der Waals surface area contributed by atoms with Crippen molar-refractivity contribution in [3.63, 3.8) is 0 Å². The quantitative estimate of drug-likeness (QED) is 0.757. The van der Waals surface area contributed by atoms with E-state index in [0.717, 1.165) is 25.8 Å². The molecule has 1 nitrogen and oxygen atoms in total. The van der Waals surface area contributed by atoms with E-state index in [1.807, 2.05) is 6.92 Å². The second kappa shape index (κ2) is 8.34. The van der Waals surface area contributed by atoms with Crippen LogP contribution in [0.4, 0.5) is 0 Å². The topological polar surface area (TPSA) is 12.0 Å². The zero-order valence-corrected chi connectivity index (χ0v) is 13.1. The Morgan fingerprint density at radius 3 is 2.78 bits per heavy atom. The Labute approximate surface area is 119 Å². The average molecular weight is 308 g/mol. The van der Waals surface area contributed by atoms with Crippen LogP contribution in [0.3, 0.4) is 0 Å². The van der Waals surface area contributed by atoms with Crippen molar-refractivity contribution in [2.24, 2.45) is 0 Å². The Balaban J connectivity index is 2.78. The van der Waals surface area contributed by atoms with Gasteiger partial charge >= 0.3 is 0 Å². The van der Waals surface area contributed by atoms with Gasteiger partial charge in [0.05, 0.1) is 0 Å². The van der Waals surface area contributed by atoms with E-state index >= 15 is 0 Å². The van der Waals surface area contributed by atoms with Crippen molar-refractivity contribution in [3.8, 4) is 11.8 Å². The molecule has 0 radical (unpaired) electrons. The minimum Gasteiger partial charge on any atom is -0.310 e. The SMILES string of the molecule is CC#CCCC(NCCC)c1ccc(C)c(Br)c1. The number of hydrogen-bond acceptors (Lipinski definition) is 1. The first-order valence-corrected chi connectivity index (χ1v) is 7.37. The highest BCUT2D eigenvalue weighted by Gasteiger charge is 2.10. The highest BCUT2D eigenvalue weighted by atomic mass is 79.9. The Morgan fingerprint density at radius 2 is 2.17 bits per heavy atom. The summed E-state index contributed by atoms with van der Waals surface area (Å²) >= 11 is 3.61. The molecule has 0 saturated heterocycles. The molecule has 1 N–H and O–H groups in total. The van der Waals surface area contributed by atoms with Gasteiger partial charge in [0, 0.05) is 16.9 Å². The Kier molecular flexibility index (Phi) is 7.08. The second-order valence-electron chi connectivity index (χ2n) is 4.48. The smallest absolute Gasteiger partial charge is 0.0329 e. The number of halogens is 1. The Hall–Kier alpha value is -0.780. The molecule has 1 aromatic carbocycles.